The molecule has 13 heteroatoms. The average Bonchev–Trinajstić information content (AvgIpc) is 3.31. The number of rotatable bonds is 10. The number of ether oxygens (including phenoxy) is 2. The molecule has 196 valence electrons. The summed E-state index contributed by atoms with van der Waals surface area (Å²) in [6, 6.07) is 13.0. The SMILES string of the molecule is COc1cc(OCC(=O)N(C)C)cc(C(Nc2ccc(C(=N)N)cc2)c2nn(-c3ncccn3)c(=O)[nH]2)c1. The molecular formula is C25H27N9O4. The lowest BCUT2D eigenvalue weighted by molar-refractivity contribution is -0.130. The predicted octanol–water partition coefficient (Wildman–Crippen LogP) is 1.31. The number of H-pyrrole nitrogens is 1. The number of likely N-dealkylation sites (N-methyl/N-ethyl adjacent to an activating group) is 1. The molecule has 0 bridgehead atoms. The number of anilines is 1. The summed E-state index contributed by atoms with van der Waals surface area (Å²) in [6.07, 6.45) is 3.02. The van der Waals surface area contributed by atoms with Crippen molar-refractivity contribution in [3.05, 3.63) is 88.4 Å². The second-order valence-electron chi connectivity index (χ2n) is 8.36. The number of carbonyl (C=O) groups excluding carboxylic acids is 1. The molecule has 4 rings (SSSR count). The summed E-state index contributed by atoms with van der Waals surface area (Å²) < 4.78 is 12.3. The molecule has 0 aliphatic heterocycles. The van der Waals surface area contributed by atoms with Crippen molar-refractivity contribution in [2.45, 2.75) is 6.04 Å². The van der Waals surface area contributed by atoms with E-state index in [1.165, 1.54) is 24.4 Å². The molecule has 1 atom stereocenters. The number of methoxy groups -OCH3 is 1. The third kappa shape index (κ3) is 5.95. The number of benzene rings is 2. The van der Waals surface area contributed by atoms with Crippen LogP contribution < -0.4 is 26.2 Å². The van der Waals surface area contributed by atoms with Gasteiger partial charge in [-0.3, -0.25) is 15.2 Å². The maximum Gasteiger partial charge on any atom is 0.350 e. The minimum absolute atomic E-state index is 0.0547. The number of hydrogen-bond donors (Lipinski definition) is 4. The highest BCUT2D eigenvalue weighted by Gasteiger charge is 2.23. The Hall–Kier alpha value is -5.20. The molecule has 38 heavy (non-hydrogen) atoms. The molecule has 0 aliphatic carbocycles. The summed E-state index contributed by atoms with van der Waals surface area (Å²) in [5.41, 5.74) is 6.91. The highest BCUT2D eigenvalue weighted by Crippen LogP contribution is 2.31. The Morgan fingerprint density at radius 3 is 2.47 bits per heavy atom. The molecule has 0 saturated carbocycles. The number of carbonyl (C=O) groups is 1. The molecule has 5 N–H and O–H groups in total. The van der Waals surface area contributed by atoms with Gasteiger partial charge < -0.3 is 25.4 Å². The van der Waals surface area contributed by atoms with Crippen molar-refractivity contribution < 1.29 is 14.3 Å². The number of nitrogen functional groups attached to an aromatic ring is 1. The summed E-state index contributed by atoms with van der Waals surface area (Å²) in [4.78, 5) is 37.3. The van der Waals surface area contributed by atoms with Gasteiger partial charge >= 0.3 is 5.69 Å². The first kappa shape index (κ1) is 25.9. The van der Waals surface area contributed by atoms with E-state index in [2.05, 4.69) is 25.4 Å². The topological polar surface area (TPSA) is 177 Å². The van der Waals surface area contributed by atoms with Crippen molar-refractivity contribution in [1.82, 2.24) is 29.6 Å². The summed E-state index contributed by atoms with van der Waals surface area (Å²) in [5.74, 6) is 0.979. The van der Waals surface area contributed by atoms with Crippen molar-refractivity contribution in [3.8, 4) is 17.4 Å². The Bertz CT molecular complexity index is 1480. The fourth-order valence-corrected chi connectivity index (χ4v) is 3.46. The monoisotopic (exact) mass is 517 g/mol. The summed E-state index contributed by atoms with van der Waals surface area (Å²) in [7, 11) is 4.80. The minimum Gasteiger partial charge on any atom is -0.497 e. The second-order valence-corrected chi connectivity index (χ2v) is 8.36. The summed E-state index contributed by atoms with van der Waals surface area (Å²) >= 11 is 0. The van der Waals surface area contributed by atoms with E-state index in [4.69, 9.17) is 20.6 Å². The third-order valence-electron chi connectivity index (χ3n) is 5.49. The maximum atomic E-state index is 12.8. The molecule has 4 aromatic rings. The van der Waals surface area contributed by atoms with Gasteiger partial charge in [-0.25, -0.2) is 14.8 Å². The Morgan fingerprint density at radius 1 is 1.16 bits per heavy atom. The van der Waals surface area contributed by atoms with Crippen molar-refractivity contribution in [2.24, 2.45) is 5.73 Å². The highest BCUT2D eigenvalue weighted by molar-refractivity contribution is 5.95. The number of amides is 1. The molecule has 0 aliphatic rings. The minimum atomic E-state index is -0.696. The zero-order valence-electron chi connectivity index (χ0n) is 21.0. The molecule has 0 saturated heterocycles. The first-order valence-electron chi connectivity index (χ1n) is 11.4. The molecule has 0 fully saturated rings. The van der Waals surface area contributed by atoms with Gasteiger partial charge in [0, 0.05) is 43.8 Å². The van der Waals surface area contributed by atoms with E-state index in [1.54, 1.807) is 62.6 Å². The van der Waals surface area contributed by atoms with E-state index in [9.17, 15) is 9.59 Å². The van der Waals surface area contributed by atoms with Gasteiger partial charge in [0.15, 0.2) is 12.4 Å². The third-order valence-corrected chi connectivity index (χ3v) is 5.49. The Labute approximate surface area is 217 Å². The standard InChI is InChI=1S/C25H27N9O4/c1-33(2)20(35)14-38-19-12-16(11-18(13-19)37-3)21(30-17-7-5-15(6-8-17)22(26)27)23-31-25(36)34(32-23)24-28-9-4-10-29-24/h4-13,21,30H,14H2,1-3H3,(H3,26,27)(H,31,32,36). The van der Waals surface area contributed by atoms with Crippen molar-refractivity contribution in [2.75, 3.05) is 33.1 Å². The van der Waals surface area contributed by atoms with Gasteiger partial charge in [0.25, 0.3) is 11.9 Å². The van der Waals surface area contributed by atoms with Gasteiger partial charge in [0.1, 0.15) is 23.4 Å². The lowest BCUT2D eigenvalue weighted by atomic mass is 10.0. The van der Waals surface area contributed by atoms with Crippen LogP contribution in [0.4, 0.5) is 5.69 Å². The maximum absolute atomic E-state index is 12.8. The normalized spacial score (nSPS) is 11.4. The van der Waals surface area contributed by atoms with Crippen LogP contribution in [0.5, 0.6) is 11.5 Å². The van der Waals surface area contributed by atoms with Crippen LogP contribution in [0.2, 0.25) is 0 Å². The molecule has 2 heterocycles. The van der Waals surface area contributed by atoms with Crippen LogP contribution in [0, 0.1) is 5.41 Å². The number of amidine groups is 1. The van der Waals surface area contributed by atoms with Gasteiger partial charge in [-0.15, -0.1) is 9.78 Å². The van der Waals surface area contributed by atoms with Crippen LogP contribution in [0.3, 0.4) is 0 Å². The number of nitrogens with one attached hydrogen (secondary N) is 3. The van der Waals surface area contributed by atoms with Crippen molar-refractivity contribution in [3.63, 3.8) is 0 Å². The molecule has 0 spiro atoms. The van der Waals surface area contributed by atoms with Crippen LogP contribution in [0.1, 0.15) is 23.0 Å². The first-order chi connectivity index (χ1) is 18.2. The lowest BCUT2D eigenvalue weighted by Crippen LogP contribution is -2.27. The largest absolute Gasteiger partial charge is 0.497 e. The first-order valence-corrected chi connectivity index (χ1v) is 11.4. The molecule has 0 radical (unpaired) electrons. The van der Waals surface area contributed by atoms with E-state index in [-0.39, 0.29) is 30.1 Å². The quantitative estimate of drug-likeness (QED) is 0.178. The van der Waals surface area contributed by atoms with Crippen LogP contribution in [-0.4, -0.2) is 69.2 Å². The predicted molar refractivity (Wildman–Crippen MR) is 140 cm³/mol. The van der Waals surface area contributed by atoms with Gasteiger partial charge in [0.2, 0.25) is 0 Å². The molecule has 2 aromatic heterocycles. The number of aromatic amines is 1. The lowest BCUT2D eigenvalue weighted by Gasteiger charge is -2.20. The number of aromatic nitrogens is 5. The van der Waals surface area contributed by atoms with Gasteiger partial charge in [-0.05, 0) is 48.0 Å². The fourth-order valence-electron chi connectivity index (χ4n) is 3.46. The smallest absolute Gasteiger partial charge is 0.350 e. The van der Waals surface area contributed by atoms with E-state index in [0.29, 0.717) is 28.3 Å². The molecule has 2 aromatic carbocycles. The van der Waals surface area contributed by atoms with Crippen LogP contribution >= 0.6 is 0 Å². The molecular weight excluding hydrogens is 490 g/mol. The van der Waals surface area contributed by atoms with Gasteiger partial charge in [-0.1, -0.05) is 0 Å². The highest BCUT2D eigenvalue weighted by atomic mass is 16.5. The average molecular weight is 518 g/mol. The molecule has 1 unspecified atom stereocenters. The van der Waals surface area contributed by atoms with E-state index in [1.807, 2.05) is 0 Å². The molecule has 1 amide bonds. The zero-order chi connectivity index (χ0) is 27.2. The summed E-state index contributed by atoms with van der Waals surface area (Å²) in [5, 5.41) is 15.4. The number of nitrogens with zero attached hydrogens (tertiary/aromatic N) is 5. The Morgan fingerprint density at radius 2 is 1.84 bits per heavy atom. The van der Waals surface area contributed by atoms with Crippen molar-refractivity contribution in [1.29, 1.82) is 5.41 Å². The van der Waals surface area contributed by atoms with Crippen LogP contribution in [0.25, 0.3) is 5.95 Å². The van der Waals surface area contributed by atoms with Crippen LogP contribution in [0.15, 0.2) is 65.7 Å². The molecule has 13 nitrogen and oxygen atoms in total. The number of nitrogens with two attached hydrogens (primary N) is 1. The van der Waals surface area contributed by atoms with Gasteiger partial charge in [-0.2, -0.15) is 0 Å². The van der Waals surface area contributed by atoms with E-state index < -0.39 is 11.7 Å². The van der Waals surface area contributed by atoms with Crippen molar-refractivity contribution >= 4 is 17.4 Å². The van der Waals surface area contributed by atoms with E-state index >= 15 is 0 Å². The van der Waals surface area contributed by atoms with Gasteiger partial charge in [0.05, 0.1) is 7.11 Å². The Kier molecular flexibility index (Phi) is 7.66. The zero-order valence-corrected chi connectivity index (χ0v) is 21.0. The number of hydrogen-bond acceptors (Lipinski definition) is 9. The second kappa shape index (κ2) is 11.2. The Balaban J connectivity index is 1.76. The van der Waals surface area contributed by atoms with E-state index in [0.717, 1.165) is 4.68 Å². The van der Waals surface area contributed by atoms with Crippen LogP contribution in [-0.2, 0) is 4.79 Å². The fraction of sp³-hybridized carbons (Fsp3) is 0.200. The summed E-state index contributed by atoms with van der Waals surface area (Å²) in [6.45, 7) is -0.166.